The Bertz CT molecular complexity index is 1390. The van der Waals surface area contributed by atoms with Gasteiger partial charge in [0.05, 0.1) is 24.1 Å². The van der Waals surface area contributed by atoms with E-state index in [0.717, 1.165) is 72.2 Å². The van der Waals surface area contributed by atoms with E-state index in [2.05, 4.69) is 40.5 Å². The van der Waals surface area contributed by atoms with Crippen LogP contribution in [-0.4, -0.2) is 64.2 Å². The predicted octanol–water partition coefficient (Wildman–Crippen LogP) is 4.81. The van der Waals surface area contributed by atoms with Gasteiger partial charge in [0.25, 0.3) is 5.91 Å². The summed E-state index contributed by atoms with van der Waals surface area (Å²) >= 11 is 0. The van der Waals surface area contributed by atoms with E-state index in [9.17, 15) is 9.59 Å². The first-order valence-electron chi connectivity index (χ1n) is 14.2. The first-order valence-corrected chi connectivity index (χ1v) is 14.2. The summed E-state index contributed by atoms with van der Waals surface area (Å²) in [6.45, 7) is 13.8. The minimum Gasteiger partial charge on any atom is -0.338 e. The monoisotopic (exact) mass is 543 g/mol. The van der Waals surface area contributed by atoms with Gasteiger partial charge in [0.15, 0.2) is 0 Å². The van der Waals surface area contributed by atoms with Crippen LogP contribution in [0.15, 0.2) is 42.6 Å². The second-order valence-electron chi connectivity index (χ2n) is 11.5. The summed E-state index contributed by atoms with van der Waals surface area (Å²) in [5.74, 6) is 1.51. The Morgan fingerprint density at radius 3 is 2.55 bits per heavy atom. The number of benzene rings is 2. The van der Waals surface area contributed by atoms with Crippen LogP contribution in [0.25, 0.3) is 0 Å². The van der Waals surface area contributed by atoms with Crippen molar-refractivity contribution in [3.63, 3.8) is 0 Å². The Morgan fingerprint density at radius 2 is 1.82 bits per heavy atom. The van der Waals surface area contributed by atoms with E-state index in [1.807, 2.05) is 67.2 Å². The molecule has 1 fully saturated rings. The van der Waals surface area contributed by atoms with Crippen LogP contribution >= 0.6 is 0 Å². The number of fused-ring (bicyclic) bond motifs is 2. The van der Waals surface area contributed by atoms with Crippen molar-refractivity contribution in [3.05, 3.63) is 70.4 Å². The molecule has 5 rings (SSSR count). The molecule has 0 radical (unpaired) electrons. The van der Waals surface area contributed by atoms with Crippen molar-refractivity contribution < 1.29 is 9.59 Å². The Balaban J connectivity index is 1.24. The van der Waals surface area contributed by atoms with Gasteiger partial charge >= 0.3 is 6.03 Å². The quantitative estimate of drug-likeness (QED) is 0.466. The number of amides is 3. The normalized spacial score (nSPS) is 15.3. The van der Waals surface area contributed by atoms with Gasteiger partial charge in [-0.05, 0) is 73.7 Å². The van der Waals surface area contributed by atoms with Crippen LogP contribution in [0, 0.1) is 19.8 Å². The Kier molecular flexibility index (Phi) is 8.12. The van der Waals surface area contributed by atoms with E-state index in [1.54, 1.807) is 4.68 Å². The summed E-state index contributed by atoms with van der Waals surface area (Å²) in [7, 11) is 1.90. The molecule has 0 spiro atoms. The molecule has 1 saturated heterocycles. The van der Waals surface area contributed by atoms with Gasteiger partial charge < -0.3 is 20.4 Å². The number of hydrogen-bond donors (Lipinski definition) is 2. The van der Waals surface area contributed by atoms with Crippen molar-refractivity contribution in [2.45, 2.75) is 47.2 Å². The third-order valence-corrected chi connectivity index (χ3v) is 7.99. The van der Waals surface area contributed by atoms with Gasteiger partial charge in [-0.1, -0.05) is 26.0 Å². The Morgan fingerprint density at radius 1 is 1.05 bits per heavy atom. The molecule has 9 nitrogen and oxygen atoms in total. The predicted molar refractivity (Wildman–Crippen MR) is 159 cm³/mol. The molecule has 3 aromatic rings. The van der Waals surface area contributed by atoms with E-state index in [4.69, 9.17) is 0 Å². The molecule has 2 aromatic carbocycles. The Hall–Kier alpha value is -3.85. The first-order chi connectivity index (χ1) is 19.2. The fourth-order valence-corrected chi connectivity index (χ4v) is 5.39. The van der Waals surface area contributed by atoms with Crippen molar-refractivity contribution in [2.75, 3.05) is 42.9 Å². The Labute approximate surface area is 237 Å². The van der Waals surface area contributed by atoms with Gasteiger partial charge in [-0.25, -0.2) is 4.79 Å². The maximum absolute atomic E-state index is 13.9. The highest BCUT2D eigenvalue weighted by Crippen LogP contribution is 2.37. The lowest BCUT2D eigenvalue weighted by molar-refractivity contribution is 0.0985. The van der Waals surface area contributed by atoms with Crippen molar-refractivity contribution in [2.24, 2.45) is 13.0 Å². The minimum atomic E-state index is -0.0716. The topological polar surface area (TPSA) is 85.7 Å². The minimum absolute atomic E-state index is 0.0284. The fraction of sp³-hybridized carbons (Fsp3) is 0.452. The van der Waals surface area contributed by atoms with Gasteiger partial charge in [0.1, 0.15) is 5.82 Å². The maximum Gasteiger partial charge on any atom is 0.317 e. The van der Waals surface area contributed by atoms with Crippen LogP contribution in [0.2, 0.25) is 0 Å². The lowest BCUT2D eigenvalue weighted by atomic mass is 10.0. The van der Waals surface area contributed by atoms with E-state index in [0.29, 0.717) is 24.6 Å². The van der Waals surface area contributed by atoms with Gasteiger partial charge in [-0.2, -0.15) is 5.10 Å². The van der Waals surface area contributed by atoms with Gasteiger partial charge in [0.2, 0.25) is 0 Å². The number of hydrogen-bond acceptors (Lipinski definition) is 5. The number of anilines is 3. The smallest absolute Gasteiger partial charge is 0.317 e. The molecule has 0 bridgehead atoms. The highest BCUT2D eigenvalue weighted by molar-refractivity contribution is 6.08. The zero-order valence-corrected chi connectivity index (χ0v) is 24.3. The second kappa shape index (κ2) is 11.7. The molecule has 40 heavy (non-hydrogen) atoms. The number of nitrogens with one attached hydrogen (secondary N) is 2. The summed E-state index contributed by atoms with van der Waals surface area (Å²) in [5.41, 5.74) is 6.38. The molecule has 0 saturated carbocycles. The summed E-state index contributed by atoms with van der Waals surface area (Å²) in [6, 6.07) is 11.8. The molecule has 3 heterocycles. The number of rotatable bonds is 6. The first kappa shape index (κ1) is 27.7. The van der Waals surface area contributed by atoms with Crippen LogP contribution in [0.1, 0.15) is 52.9 Å². The summed E-state index contributed by atoms with van der Waals surface area (Å²) < 4.78 is 1.80. The van der Waals surface area contributed by atoms with Crippen molar-refractivity contribution >= 4 is 29.1 Å². The number of carbonyl (C=O) groups excluding carboxylic acids is 2. The third-order valence-electron chi connectivity index (χ3n) is 7.99. The molecule has 3 amide bonds. The molecular formula is C31H41N7O2. The molecular weight excluding hydrogens is 502 g/mol. The molecule has 1 aromatic heterocycles. The zero-order chi connectivity index (χ0) is 28.4. The molecule has 0 aliphatic carbocycles. The number of piperazine rings is 1. The zero-order valence-electron chi connectivity index (χ0n) is 24.3. The van der Waals surface area contributed by atoms with Crippen LogP contribution in [0.4, 0.5) is 22.0 Å². The van der Waals surface area contributed by atoms with Crippen molar-refractivity contribution in [1.29, 1.82) is 0 Å². The van der Waals surface area contributed by atoms with Gasteiger partial charge in [-0.15, -0.1) is 0 Å². The molecule has 2 aliphatic heterocycles. The van der Waals surface area contributed by atoms with E-state index in [1.165, 1.54) is 6.42 Å². The maximum atomic E-state index is 13.9. The van der Waals surface area contributed by atoms with Crippen LogP contribution in [0.5, 0.6) is 0 Å². The molecule has 0 unspecified atom stereocenters. The molecule has 0 atom stereocenters. The van der Waals surface area contributed by atoms with E-state index < -0.39 is 0 Å². The van der Waals surface area contributed by atoms with Gasteiger partial charge in [-0.3, -0.25) is 14.4 Å². The number of aromatic nitrogens is 2. The average molecular weight is 544 g/mol. The van der Waals surface area contributed by atoms with Gasteiger partial charge in [0, 0.05) is 50.9 Å². The van der Waals surface area contributed by atoms with Crippen molar-refractivity contribution in [1.82, 2.24) is 24.9 Å². The lowest BCUT2D eigenvalue weighted by Gasteiger charge is -2.35. The fourth-order valence-electron chi connectivity index (χ4n) is 5.39. The number of carbonyl (C=O) groups is 2. The molecule has 2 N–H and O–H groups in total. The number of aryl methyl sites for hydroxylation is 3. The molecule has 9 heteroatoms. The highest BCUT2D eigenvalue weighted by atomic mass is 16.2. The molecule has 212 valence electrons. The standard InChI is InChI=1S/C31H41N7O2/c1-21(2)10-11-36-12-14-37(15-13-36)31(40)32-18-25-8-7-24(17-23(25)4)30(39)38-20-26-19-33-35(5)29(26)34-27-16-22(3)6-9-28(27)38/h6-9,16-17,19,21,34H,10-15,18,20H2,1-5H3,(H,32,40). The average Bonchev–Trinajstić information content (AvgIpc) is 3.18. The van der Waals surface area contributed by atoms with E-state index >= 15 is 0 Å². The summed E-state index contributed by atoms with van der Waals surface area (Å²) in [6.07, 6.45) is 3.00. The SMILES string of the molecule is Cc1ccc2c(c1)Nc1c(cnn1C)CN2C(=O)c1ccc(CNC(=O)N2CCN(CCC(C)C)CC2)c(C)c1. The number of nitrogens with zero attached hydrogens (tertiary/aromatic N) is 5. The summed E-state index contributed by atoms with van der Waals surface area (Å²) in [4.78, 5) is 32.8. The van der Waals surface area contributed by atoms with Crippen LogP contribution < -0.4 is 15.5 Å². The highest BCUT2D eigenvalue weighted by Gasteiger charge is 2.27. The van der Waals surface area contributed by atoms with Crippen LogP contribution in [0.3, 0.4) is 0 Å². The largest absolute Gasteiger partial charge is 0.338 e. The van der Waals surface area contributed by atoms with Crippen molar-refractivity contribution in [3.8, 4) is 0 Å². The third kappa shape index (κ3) is 5.99. The lowest BCUT2D eigenvalue weighted by Crippen LogP contribution is -2.51. The van der Waals surface area contributed by atoms with Crippen LogP contribution in [-0.2, 0) is 20.1 Å². The second-order valence-corrected chi connectivity index (χ2v) is 11.5. The molecule has 2 aliphatic rings. The summed E-state index contributed by atoms with van der Waals surface area (Å²) in [5, 5.41) is 10.9. The number of urea groups is 1. The van der Waals surface area contributed by atoms with E-state index in [-0.39, 0.29) is 11.9 Å².